The lowest BCUT2D eigenvalue weighted by molar-refractivity contribution is -0.150. The highest BCUT2D eigenvalue weighted by molar-refractivity contribution is 5.71. The highest BCUT2D eigenvalue weighted by atomic mass is 16.5. The minimum absolute atomic E-state index is 0.0672. The molecule has 0 aromatic carbocycles. The molecule has 14 heavy (non-hydrogen) atoms. The van der Waals surface area contributed by atoms with Crippen molar-refractivity contribution >= 4 is 5.97 Å². The first-order chi connectivity index (χ1) is 6.61. The van der Waals surface area contributed by atoms with E-state index in [0.717, 1.165) is 12.8 Å². The molecular formula is C12H22O2. The number of esters is 1. The number of carbonyl (C=O) groups is 1. The van der Waals surface area contributed by atoms with Gasteiger partial charge in [0.1, 0.15) is 6.10 Å². The minimum atomic E-state index is -0.116. The number of carbonyl (C=O) groups excluding carboxylic acids is 1. The van der Waals surface area contributed by atoms with E-state index in [4.69, 9.17) is 4.74 Å². The molecule has 0 aliphatic rings. The van der Waals surface area contributed by atoms with Crippen LogP contribution in [0, 0.1) is 5.92 Å². The van der Waals surface area contributed by atoms with Crippen LogP contribution < -0.4 is 0 Å². The summed E-state index contributed by atoms with van der Waals surface area (Å²) >= 11 is 0. The second kappa shape index (κ2) is 7.60. The Hall–Kier alpha value is -0.790. The average Bonchev–Trinajstić information content (AvgIpc) is 2.14. The summed E-state index contributed by atoms with van der Waals surface area (Å²) in [7, 11) is 0. The second-order valence-electron chi connectivity index (χ2n) is 3.76. The zero-order valence-corrected chi connectivity index (χ0v) is 9.75. The summed E-state index contributed by atoms with van der Waals surface area (Å²) in [5.41, 5.74) is 0. The van der Waals surface area contributed by atoms with Crippen LogP contribution in [-0.2, 0) is 9.53 Å². The second-order valence-corrected chi connectivity index (χ2v) is 3.76. The van der Waals surface area contributed by atoms with Crippen LogP contribution in [0.3, 0.4) is 0 Å². The Kier molecular flexibility index (Phi) is 7.17. The third-order valence-corrected chi connectivity index (χ3v) is 2.12. The Bertz CT molecular complexity index is 183. The van der Waals surface area contributed by atoms with E-state index >= 15 is 0 Å². The fraction of sp³-hybridized carbons (Fsp3) is 0.750. The molecule has 0 spiro atoms. The van der Waals surface area contributed by atoms with Crippen LogP contribution in [0.1, 0.15) is 47.0 Å². The van der Waals surface area contributed by atoms with Gasteiger partial charge in [0.05, 0.1) is 6.42 Å². The number of hydrogen-bond acceptors (Lipinski definition) is 2. The topological polar surface area (TPSA) is 26.3 Å². The lowest BCUT2D eigenvalue weighted by atomic mass is 10.1. The predicted molar refractivity (Wildman–Crippen MR) is 59.1 cm³/mol. The van der Waals surface area contributed by atoms with Crippen molar-refractivity contribution < 1.29 is 9.53 Å². The van der Waals surface area contributed by atoms with Gasteiger partial charge in [-0.25, -0.2) is 0 Å². The maximum atomic E-state index is 11.3. The van der Waals surface area contributed by atoms with Crippen LogP contribution in [0.15, 0.2) is 12.2 Å². The van der Waals surface area contributed by atoms with Crippen molar-refractivity contribution in [2.75, 3.05) is 0 Å². The van der Waals surface area contributed by atoms with Gasteiger partial charge in [-0.05, 0) is 18.8 Å². The van der Waals surface area contributed by atoms with E-state index in [-0.39, 0.29) is 12.1 Å². The van der Waals surface area contributed by atoms with Crippen molar-refractivity contribution in [3.05, 3.63) is 12.2 Å². The van der Waals surface area contributed by atoms with Crippen molar-refractivity contribution in [3.8, 4) is 0 Å². The molecule has 2 heteroatoms. The molecule has 1 atom stereocenters. The summed E-state index contributed by atoms with van der Waals surface area (Å²) in [5, 5.41) is 0. The molecule has 2 nitrogen and oxygen atoms in total. The van der Waals surface area contributed by atoms with Crippen molar-refractivity contribution in [3.63, 3.8) is 0 Å². The molecule has 0 radical (unpaired) electrons. The van der Waals surface area contributed by atoms with E-state index < -0.39 is 0 Å². The zero-order chi connectivity index (χ0) is 11.0. The van der Waals surface area contributed by atoms with Crippen LogP contribution in [-0.4, -0.2) is 12.1 Å². The summed E-state index contributed by atoms with van der Waals surface area (Å²) < 4.78 is 5.32. The third kappa shape index (κ3) is 5.79. The van der Waals surface area contributed by atoms with Crippen molar-refractivity contribution in [2.45, 2.75) is 53.1 Å². The van der Waals surface area contributed by atoms with Crippen LogP contribution in [0.2, 0.25) is 0 Å². The summed E-state index contributed by atoms with van der Waals surface area (Å²) in [6.45, 7) is 8.23. The highest BCUT2D eigenvalue weighted by Gasteiger charge is 2.14. The SMILES string of the molecule is CC/C=C\CC(=O)OC(CC)C(C)C. The first-order valence-electron chi connectivity index (χ1n) is 5.46. The molecular weight excluding hydrogens is 176 g/mol. The molecule has 0 rings (SSSR count). The molecule has 0 aromatic heterocycles. The molecule has 0 saturated heterocycles. The quantitative estimate of drug-likeness (QED) is 0.483. The van der Waals surface area contributed by atoms with Crippen molar-refractivity contribution in [1.82, 2.24) is 0 Å². The van der Waals surface area contributed by atoms with E-state index in [1.807, 2.05) is 26.0 Å². The number of hydrogen-bond donors (Lipinski definition) is 0. The van der Waals surface area contributed by atoms with E-state index in [1.165, 1.54) is 0 Å². The molecule has 0 saturated carbocycles. The number of rotatable bonds is 6. The van der Waals surface area contributed by atoms with Crippen molar-refractivity contribution in [1.29, 1.82) is 0 Å². The fourth-order valence-corrected chi connectivity index (χ4v) is 1.25. The van der Waals surface area contributed by atoms with E-state index in [1.54, 1.807) is 0 Å². The van der Waals surface area contributed by atoms with Gasteiger partial charge in [-0.3, -0.25) is 4.79 Å². The van der Waals surface area contributed by atoms with Gasteiger partial charge in [0, 0.05) is 0 Å². The maximum absolute atomic E-state index is 11.3. The molecule has 82 valence electrons. The molecule has 0 aliphatic heterocycles. The van der Waals surface area contributed by atoms with E-state index in [0.29, 0.717) is 12.3 Å². The lowest BCUT2D eigenvalue weighted by Crippen LogP contribution is -2.22. The fourth-order valence-electron chi connectivity index (χ4n) is 1.25. The largest absolute Gasteiger partial charge is 0.462 e. The Morgan fingerprint density at radius 3 is 2.36 bits per heavy atom. The van der Waals surface area contributed by atoms with Crippen LogP contribution >= 0.6 is 0 Å². The van der Waals surface area contributed by atoms with Gasteiger partial charge >= 0.3 is 5.97 Å². The molecule has 0 fully saturated rings. The van der Waals surface area contributed by atoms with Crippen LogP contribution in [0.25, 0.3) is 0 Å². The molecule has 0 heterocycles. The predicted octanol–water partition coefficient (Wildman–Crippen LogP) is 3.32. The van der Waals surface area contributed by atoms with E-state index in [9.17, 15) is 4.79 Å². The summed E-state index contributed by atoms with van der Waals surface area (Å²) in [4.78, 5) is 11.3. The monoisotopic (exact) mass is 198 g/mol. The third-order valence-electron chi connectivity index (χ3n) is 2.12. The van der Waals surface area contributed by atoms with Gasteiger partial charge in [0.2, 0.25) is 0 Å². The molecule has 0 aromatic rings. The normalized spacial score (nSPS) is 13.5. The lowest BCUT2D eigenvalue weighted by Gasteiger charge is -2.19. The summed E-state index contributed by atoms with van der Waals surface area (Å²) in [6.07, 6.45) is 6.18. The molecule has 0 aliphatic carbocycles. The summed E-state index contributed by atoms with van der Waals surface area (Å²) in [5.74, 6) is 0.286. The van der Waals surface area contributed by atoms with Crippen LogP contribution in [0.5, 0.6) is 0 Å². The van der Waals surface area contributed by atoms with Gasteiger partial charge in [-0.15, -0.1) is 0 Å². The molecule has 0 bridgehead atoms. The molecule has 0 N–H and O–H groups in total. The standard InChI is InChI=1S/C12H22O2/c1-5-7-8-9-12(13)14-11(6-2)10(3)4/h7-8,10-11H,5-6,9H2,1-4H3/b8-7-. The first-order valence-corrected chi connectivity index (χ1v) is 5.46. The van der Waals surface area contributed by atoms with Crippen LogP contribution in [0.4, 0.5) is 0 Å². The number of allylic oxidation sites excluding steroid dienone is 1. The zero-order valence-electron chi connectivity index (χ0n) is 9.75. The molecule has 0 amide bonds. The van der Waals surface area contributed by atoms with Crippen molar-refractivity contribution in [2.24, 2.45) is 5.92 Å². The molecule has 1 unspecified atom stereocenters. The first kappa shape index (κ1) is 13.2. The Morgan fingerprint density at radius 1 is 1.29 bits per heavy atom. The van der Waals surface area contributed by atoms with Gasteiger partial charge in [0.15, 0.2) is 0 Å². The smallest absolute Gasteiger partial charge is 0.309 e. The van der Waals surface area contributed by atoms with Gasteiger partial charge in [-0.1, -0.05) is 39.8 Å². The Balaban J connectivity index is 3.85. The average molecular weight is 198 g/mol. The van der Waals surface area contributed by atoms with Gasteiger partial charge < -0.3 is 4.74 Å². The Labute approximate surface area is 87.3 Å². The number of ether oxygens (including phenoxy) is 1. The summed E-state index contributed by atoms with van der Waals surface area (Å²) in [6, 6.07) is 0. The Morgan fingerprint density at radius 2 is 1.93 bits per heavy atom. The highest BCUT2D eigenvalue weighted by Crippen LogP contribution is 2.11. The van der Waals surface area contributed by atoms with E-state index in [2.05, 4.69) is 13.8 Å². The van der Waals surface area contributed by atoms with Gasteiger partial charge in [0.25, 0.3) is 0 Å². The van der Waals surface area contributed by atoms with Gasteiger partial charge in [-0.2, -0.15) is 0 Å². The minimum Gasteiger partial charge on any atom is -0.462 e. The maximum Gasteiger partial charge on any atom is 0.309 e.